The van der Waals surface area contributed by atoms with E-state index >= 15 is 0 Å². The number of anilines is 1. The predicted molar refractivity (Wildman–Crippen MR) is 74.2 cm³/mol. The van der Waals surface area contributed by atoms with Gasteiger partial charge in [0.15, 0.2) is 0 Å². The number of hydrogen-bond acceptors (Lipinski definition) is 3. The molecule has 0 saturated carbocycles. The average molecular weight is 247 g/mol. The molecule has 1 aromatic carbocycles. The number of aliphatic hydroxyl groups excluding tert-OH is 1. The minimum atomic E-state index is 0.124. The molecule has 18 heavy (non-hydrogen) atoms. The molecular formula is C14H21N3O. The Morgan fingerprint density at radius 1 is 1.56 bits per heavy atom. The number of amidine groups is 1. The van der Waals surface area contributed by atoms with E-state index in [1.165, 1.54) is 0 Å². The summed E-state index contributed by atoms with van der Waals surface area (Å²) in [7, 11) is 0. The average Bonchev–Trinajstić information content (AvgIpc) is 2.78. The highest BCUT2D eigenvalue weighted by Gasteiger charge is 2.24. The molecule has 2 rings (SSSR count). The SMILES string of the molecule is Cc1ccc(N2CCC(CCO)C2)c(C(=N)N)c1. The van der Waals surface area contributed by atoms with E-state index in [9.17, 15) is 0 Å². The highest BCUT2D eigenvalue weighted by Crippen LogP contribution is 2.28. The van der Waals surface area contributed by atoms with Gasteiger partial charge in [0.05, 0.1) is 0 Å². The molecular weight excluding hydrogens is 226 g/mol. The van der Waals surface area contributed by atoms with Gasteiger partial charge in [-0.3, -0.25) is 5.41 Å². The first-order valence-corrected chi connectivity index (χ1v) is 6.42. The molecule has 1 aliphatic heterocycles. The summed E-state index contributed by atoms with van der Waals surface area (Å²) in [4.78, 5) is 2.27. The standard InChI is InChI=1S/C14H21N3O/c1-10-2-3-13(12(8-10)14(15)16)17-6-4-11(9-17)5-7-18/h2-3,8,11,18H,4-7,9H2,1H3,(H3,15,16). The number of nitrogens with one attached hydrogen (secondary N) is 1. The van der Waals surface area contributed by atoms with Gasteiger partial charge in [-0.05, 0) is 37.8 Å². The van der Waals surface area contributed by atoms with E-state index in [-0.39, 0.29) is 12.4 Å². The molecule has 0 amide bonds. The molecule has 0 radical (unpaired) electrons. The van der Waals surface area contributed by atoms with Crippen molar-refractivity contribution in [3.05, 3.63) is 29.3 Å². The van der Waals surface area contributed by atoms with Gasteiger partial charge in [0, 0.05) is 30.9 Å². The first-order valence-electron chi connectivity index (χ1n) is 6.42. The van der Waals surface area contributed by atoms with Crippen molar-refractivity contribution < 1.29 is 5.11 Å². The number of hydrogen-bond donors (Lipinski definition) is 3. The van der Waals surface area contributed by atoms with Crippen LogP contribution in [-0.4, -0.2) is 30.6 Å². The number of benzene rings is 1. The van der Waals surface area contributed by atoms with Gasteiger partial charge in [-0.15, -0.1) is 0 Å². The highest BCUT2D eigenvalue weighted by atomic mass is 16.3. The summed E-state index contributed by atoms with van der Waals surface area (Å²) in [6.07, 6.45) is 1.96. The maximum absolute atomic E-state index is 8.99. The monoisotopic (exact) mass is 247 g/mol. The second kappa shape index (κ2) is 5.40. The van der Waals surface area contributed by atoms with Gasteiger partial charge in [-0.2, -0.15) is 0 Å². The molecule has 0 aromatic heterocycles. The lowest BCUT2D eigenvalue weighted by Crippen LogP contribution is -2.24. The Morgan fingerprint density at radius 2 is 2.33 bits per heavy atom. The van der Waals surface area contributed by atoms with E-state index in [0.717, 1.165) is 42.7 Å². The predicted octanol–water partition coefficient (Wildman–Crippen LogP) is 1.49. The van der Waals surface area contributed by atoms with Gasteiger partial charge < -0.3 is 15.7 Å². The van der Waals surface area contributed by atoms with Crippen molar-refractivity contribution in [1.29, 1.82) is 5.41 Å². The molecule has 98 valence electrons. The number of nitrogens with two attached hydrogens (primary N) is 1. The lowest BCUT2D eigenvalue weighted by atomic mass is 10.1. The first kappa shape index (κ1) is 12.9. The van der Waals surface area contributed by atoms with Crippen molar-refractivity contribution in [3.8, 4) is 0 Å². The smallest absolute Gasteiger partial charge is 0.124 e. The summed E-state index contributed by atoms with van der Waals surface area (Å²) in [5.74, 6) is 0.676. The van der Waals surface area contributed by atoms with Crippen LogP contribution in [0.5, 0.6) is 0 Å². The number of nitrogen functional groups attached to an aromatic ring is 1. The van der Waals surface area contributed by atoms with Crippen LogP contribution in [0.25, 0.3) is 0 Å². The van der Waals surface area contributed by atoms with Crippen LogP contribution in [0.2, 0.25) is 0 Å². The minimum Gasteiger partial charge on any atom is -0.396 e. The van der Waals surface area contributed by atoms with Crippen molar-refractivity contribution in [1.82, 2.24) is 0 Å². The molecule has 1 atom stereocenters. The quantitative estimate of drug-likeness (QED) is 0.557. The van der Waals surface area contributed by atoms with Crippen LogP contribution in [0.3, 0.4) is 0 Å². The Kier molecular flexibility index (Phi) is 3.87. The van der Waals surface area contributed by atoms with Gasteiger partial charge in [-0.25, -0.2) is 0 Å². The van der Waals surface area contributed by atoms with Gasteiger partial charge >= 0.3 is 0 Å². The Bertz CT molecular complexity index is 445. The van der Waals surface area contributed by atoms with E-state index in [0.29, 0.717) is 5.92 Å². The molecule has 4 heteroatoms. The van der Waals surface area contributed by atoms with E-state index in [1.807, 2.05) is 19.1 Å². The summed E-state index contributed by atoms with van der Waals surface area (Å²) >= 11 is 0. The summed E-state index contributed by atoms with van der Waals surface area (Å²) in [6.45, 7) is 4.19. The topological polar surface area (TPSA) is 73.3 Å². The Labute approximate surface area is 108 Å². The largest absolute Gasteiger partial charge is 0.396 e. The third-order valence-corrected chi connectivity index (χ3v) is 3.61. The highest BCUT2D eigenvalue weighted by molar-refractivity contribution is 6.00. The van der Waals surface area contributed by atoms with Crippen LogP contribution in [0.1, 0.15) is 24.0 Å². The lowest BCUT2D eigenvalue weighted by molar-refractivity contribution is 0.263. The van der Waals surface area contributed by atoms with E-state index in [1.54, 1.807) is 0 Å². The van der Waals surface area contributed by atoms with Crippen molar-refractivity contribution in [3.63, 3.8) is 0 Å². The number of rotatable bonds is 4. The number of aliphatic hydroxyl groups is 1. The summed E-state index contributed by atoms with van der Waals surface area (Å²) in [5.41, 5.74) is 8.65. The van der Waals surface area contributed by atoms with Crippen LogP contribution in [0.15, 0.2) is 18.2 Å². The van der Waals surface area contributed by atoms with E-state index in [4.69, 9.17) is 16.2 Å². The van der Waals surface area contributed by atoms with Crippen molar-refractivity contribution in [2.24, 2.45) is 11.7 Å². The second-order valence-corrected chi connectivity index (χ2v) is 5.05. The molecule has 1 unspecified atom stereocenters. The Morgan fingerprint density at radius 3 is 3.00 bits per heavy atom. The van der Waals surface area contributed by atoms with Crippen molar-refractivity contribution in [2.75, 3.05) is 24.6 Å². The third-order valence-electron chi connectivity index (χ3n) is 3.61. The Balaban J connectivity index is 2.21. The van der Waals surface area contributed by atoms with Crippen molar-refractivity contribution >= 4 is 11.5 Å². The zero-order valence-electron chi connectivity index (χ0n) is 10.8. The normalized spacial score (nSPS) is 19.2. The number of aryl methyl sites for hydroxylation is 1. The molecule has 1 aromatic rings. The molecule has 0 spiro atoms. The zero-order valence-corrected chi connectivity index (χ0v) is 10.8. The third kappa shape index (κ3) is 2.64. The van der Waals surface area contributed by atoms with Gasteiger partial charge in [0.1, 0.15) is 5.84 Å². The molecule has 4 nitrogen and oxygen atoms in total. The first-order chi connectivity index (χ1) is 8.61. The lowest BCUT2D eigenvalue weighted by Gasteiger charge is -2.22. The van der Waals surface area contributed by atoms with Crippen molar-refractivity contribution in [2.45, 2.75) is 19.8 Å². The summed E-state index contributed by atoms with van der Waals surface area (Å²) in [6, 6.07) is 6.07. The summed E-state index contributed by atoms with van der Waals surface area (Å²) in [5, 5.41) is 16.7. The molecule has 1 saturated heterocycles. The molecule has 4 N–H and O–H groups in total. The van der Waals surface area contributed by atoms with Crippen LogP contribution >= 0.6 is 0 Å². The van der Waals surface area contributed by atoms with Crippen LogP contribution in [0, 0.1) is 18.3 Å². The maximum Gasteiger partial charge on any atom is 0.124 e. The number of nitrogens with zero attached hydrogens (tertiary/aromatic N) is 1. The fourth-order valence-electron chi connectivity index (χ4n) is 2.61. The fourth-order valence-corrected chi connectivity index (χ4v) is 2.61. The zero-order chi connectivity index (χ0) is 13.1. The van der Waals surface area contributed by atoms with Crippen LogP contribution in [0.4, 0.5) is 5.69 Å². The molecule has 1 aliphatic rings. The maximum atomic E-state index is 8.99. The molecule has 1 fully saturated rings. The summed E-state index contributed by atoms with van der Waals surface area (Å²) < 4.78 is 0. The second-order valence-electron chi connectivity index (χ2n) is 5.05. The van der Waals surface area contributed by atoms with E-state index < -0.39 is 0 Å². The van der Waals surface area contributed by atoms with Crippen LogP contribution in [-0.2, 0) is 0 Å². The van der Waals surface area contributed by atoms with Gasteiger partial charge in [0.2, 0.25) is 0 Å². The minimum absolute atomic E-state index is 0.124. The Hall–Kier alpha value is -1.55. The van der Waals surface area contributed by atoms with Crippen LogP contribution < -0.4 is 10.6 Å². The van der Waals surface area contributed by atoms with Gasteiger partial charge in [-0.1, -0.05) is 11.6 Å². The molecule has 1 heterocycles. The van der Waals surface area contributed by atoms with E-state index in [2.05, 4.69) is 11.0 Å². The fraction of sp³-hybridized carbons (Fsp3) is 0.500. The molecule has 0 aliphatic carbocycles. The molecule has 0 bridgehead atoms. The van der Waals surface area contributed by atoms with Gasteiger partial charge in [0.25, 0.3) is 0 Å².